The number of ether oxygens (including phenoxy) is 3. The minimum absolute atomic E-state index is 0.168. The number of allylic oxidation sites excluding steroid dienone is 1. The number of morpholine rings is 1. The molecule has 1 heterocycles. The highest BCUT2D eigenvalue weighted by Crippen LogP contribution is 2.32. The van der Waals surface area contributed by atoms with Gasteiger partial charge in [0.1, 0.15) is 6.10 Å². The Labute approximate surface area is 172 Å². The summed E-state index contributed by atoms with van der Waals surface area (Å²) in [5.74, 6) is 0.888. The van der Waals surface area contributed by atoms with Crippen molar-refractivity contribution >= 4 is 5.91 Å². The highest BCUT2D eigenvalue weighted by Gasteiger charge is 2.22. The van der Waals surface area contributed by atoms with Crippen LogP contribution in [0.2, 0.25) is 0 Å². The van der Waals surface area contributed by atoms with Gasteiger partial charge in [-0.05, 0) is 30.7 Å². The summed E-state index contributed by atoms with van der Waals surface area (Å²) in [4.78, 5) is 14.6. The van der Waals surface area contributed by atoms with Crippen LogP contribution < -0.4 is 14.8 Å². The van der Waals surface area contributed by atoms with Crippen molar-refractivity contribution in [2.24, 2.45) is 0 Å². The van der Waals surface area contributed by atoms with Crippen LogP contribution in [0.15, 0.2) is 60.8 Å². The lowest BCUT2D eigenvalue weighted by molar-refractivity contribution is 0.0185. The lowest BCUT2D eigenvalue weighted by Crippen LogP contribution is -2.39. The minimum atomic E-state index is -0.227. The fourth-order valence-corrected chi connectivity index (χ4v) is 3.22. The molecule has 6 heteroatoms. The number of nitrogens with one attached hydrogen (secondary N) is 1. The van der Waals surface area contributed by atoms with Crippen LogP contribution in [0, 0.1) is 0 Å². The molecule has 6 nitrogen and oxygen atoms in total. The van der Waals surface area contributed by atoms with Gasteiger partial charge in [-0.3, -0.25) is 9.69 Å². The molecule has 1 fully saturated rings. The first-order valence-corrected chi connectivity index (χ1v) is 9.73. The van der Waals surface area contributed by atoms with E-state index in [1.807, 2.05) is 18.2 Å². The molecular formula is C23H28N2O4. The third kappa shape index (κ3) is 5.82. The van der Waals surface area contributed by atoms with Gasteiger partial charge in [0.05, 0.1) is 20.3 Å². The van der Waals surface area contributed by atoms with Gasteiger partial charge in [-0.1, -0.05) is 36.9 Å². The summed E-state index contributed by atoms with van der Waals surface area (Å²) >= 11 is 0. The number of benzene rings is 2. The van der Waals surface area contributed by atoms with Gasteiger partial charge in [0.2, 0.25) is 0 Å². The zero-order chi connectivity index (χ0) is 20.6. The number of hydrogen-bond acceptors (Lipinski definition) is 5. The Morgan fingerprint density at radius 1 is 1.17 bits per heavy atom. The molecule has 29 heavy (non-hydrogen) atoms. The molecule has 1 saturated heterocycles. The van der Waals surface area contributed by atoms with E-state index in [4.69, 9.17) is 14.2 Å². The third-order valence-electron chi connectivity index (χ3n) is 4.72. The number of hydrogen-bond donors (Lipinski definition) is 1. The molecule has 0 radical (unpaired) electrons. The van der Waals surface area contributed by atoms with Gasteiger partial charge in [0, 0.05) is 30.9 Å². The maximum absolute atomic E-state index is 12.3. The monoisotopic (exact) mass is 396 g/mol. The van der Waals surface area contributed by atoms with E-state index < -0.39 is 0 Å². The standard InChI is InChI=1S/C23H28N2O4/c1-17(2)24-23(26)19-9-10-20(21(15-19)27-3)29-22(18-7-5-4-6-8-18)16-25-11-13-28-14-12-25/h4-10,15,22H,1,11-14,16H2,2-3H3,(H,24,26)/t22-/m0/s1. The van der Waals surface area contributed by atoms with Gasteiger partial charge < -0.3 is 19.5 Å². The Hall–Kier alpha value is -2.83. The molecule has 1 aliphatic heterocycles. The second-order valence-corrected chi connectivity index (χ2v) is 7.03. The molecule has 2 aromatic carbocycles. The summed E-state index contributed by atoms with van der Waals surface area (Å²) in [7, 11) is 1.57. The zero-order valence-corrected chi connectivity index (χ0v) is 17.0. The summed E-state index contributed by atoms with van der Waals surface area (Å²) in [6, 6.07) is 15.3. The van der Waals surface area contributed by atoms with Crippen molar-refractivity contribution in [1.82, 2.24) is 10.2 Å². The first kappa shape index (κ1) is 20.9. The average molecular weight is 396 g/mol. The molecule has 0 bridgehead atoms. The Morgan fingerprint density at radius 3 is 2.55 bits per heavy atom. The van der Waals surface area contributed by atoms with Gasteiger partial charge in [-0.15, -0.1) is 0 Å². The van der Waals surface area contributed by atoms with Gasteiger partial charge >= 0.3 is 0 Å². The number of amides is 1. The third-order valence-corrected chi connectivity index (χ3v) is 4.72. The summed E-state index contributed by atoms with van der Waals surface area (Å²) < 4.78 is 17.3. The molecule has 1 aliphatic rings. The molecule has 2 aromatic rings. The van der Waals surface area contributed by atoms with Gasteiger partial charge in [0.25, 0.3) is 5.91 Å². The van der Waals surface area contributed by atoms with Crippen LogP contribution in [0.25, 0.3) is 0 Å². The van der Waals surface area contributed by atoms with E-state index in [1.54, 1.807) is 32.2 Å². The fraction of sp³-hybridized carbons (Fsp3) is 0.348. The second kappa shape index (κ2) is 10.1. The van der Waals surface area contributed by atoms with Crippen LogP contribution >= 0.6 is 0 Å². The molecule has 1 atom stereocenters. The topological polar surface area (TPSA) is 60.0 Å². The predicted molar refractivity (Wildman–Crippen MR) is 112 cm³/mol. The molecule has 0 spiro atoms. The minimum Gasteiger partial charge on any atom is -0.493 e. The first-order valence-electron chi connectivity index (χ1n) is 9.73. The van der Waals surface area contributed by atoms with Gasteiger partial charge in [-0.2, -0.15) is 0 Å². The summed E-state index contributed by atoms with van der Waals surface area (Å²) in [5, 5.41) is 2.70. The lowest BCUT2D eigenvalue weighted by Gasteiger charge is -2.31. The van der Waals surface area contributed by atoms with Gasteiger partial charge in [-0.25, -0.2) is 0 Å². The average Bonchev–Trinajstić information content (AvgIpc) is 2.74. The molecule has 1 N–H and O–H groups in total. The van der Waals surface area contributed by atoms with Crippen molar-refractivity contribution in [3.8, 4) is 11.5 Å². The maximum Gasteiger partial charge on any atom is 0.255 e. The van der Waals surface area contributed by atoms with Crippen molar-refractivity contribution in [3.05, 3.63) is 71.9 Å². The number of methoxy groups -OCH3 is 1. The quantitative estimate of drug-likeness (QED) is 0.741. The van der Waals surface area contributed by atoms with Crippen LogP contribution in [0.3, 0.4) is 0 Å². The highest BCUT2D eigenvalue weighted by atomic mass is 16.5. The highest BCUT2D eigenvalue weighted by molar-refractivity contribution is 5.95. The summed E-state index contributed by atoms with van der Waals surface area (Å²) in [6.07, 6.45) is -0.168. The van der Waals surface area contributed by atoms with Crippen molar-refractivity contribution in [1.29, 1.82) is 0 Å². The number of rotatable bonds is 8. The van der Waals surface area contributed by atoms with Crippen LogP contribution in [-0.2, 0) is 4.74 Å². The Morgan fingerprint density at radius 2 is 1.90 bits per heavy atom. The van der Waals surface area contributed by atoms with E-state index in [9.17, 15) is 4.79 Å². The summed E-state index contributed by atoms with van der Waals surface area (Å²) in [6.45, 7) is 9.42. The molecule has 0 saturated carbocycles. The number of nitrogens with zero attached hydrogens (tertiary/aromatic N) is 1. The Kier molecular flexibility index (Phi) is 7.27. The van der Waals surface area contributed by atoms with Crippen molar-refractivity contribution in [3.63, 3.8) is 0 Å². The van der Waals surface area contributed by atoms with E-state index in [1.165, 1.54) is 0 Å². The lowest BCUT2D eigenvalue weighted by atomic mass is 10.1. The zero-order valence-electron chi connectivity index (χ0n) is 17.0. The van der Waals surface area contributed by atoms with E-state index >= 15 is 0 Å². The van der Waals surface area contributed by atoms with Crippen molar-refractivity contribution in [2.75, 3.05) is 40.0 Å². The van der Waals surface area contributed by atoms with E-state index in [0.29, 0.717) is 22.8 Å². The molecule has 1 amide bonds. The maximum atomic E-state index is 12.3. The summed E-state index contributed by atoms with van der Waals surface area (Å²) in [5.41, 5.74) is 2.16. The SMILES string of the molecule is C=C(C)NC(=O)c1ccc(O[C@@H](CN2CCOCC2)c2ccccc2)c(OC)c1. The molecule has 3 rings (SSSR count). The van der Waals surface area contributed by atoms with Crippen LogP contribution in [0.1, 0.15) is 28.9 Å². The second-order valence-electron chi connectivity index (χ2n) is 7.03. The Balaban J connectivity index is 1.82. The van der Waals surface area contributed by atoms with Crippen LogP contribution in [0.5, 0.6) is 11.5 Å². The molecular weight excluding hydrogens is 368 g/mol. The number of carbonyl (C=O) groups excluding carboxylic acids is 1. The first-order chi connectivity index (χ1) is 14.1. The Bertz CT molecular complexity index is 832. The van der Waals surface area contributed by atoms with Crippen molar-refractivity contribution < 1.29 is 19.0 Å². The van der Waals surface area contributed by atoms with Crippen LogP contribution in [0.4, 0.5) is 0 Å². The largest absolute Gasteiger partial charge is 0.493 e. The van der Waals surface area contributed by atoms with E-state index in [2.05, 4.69) is 28.9 Å². The van der Waals surface area contributed by atoms with E-state index in [-0.39, 0.29) is 12.0 Å². The predicted octanol–water partition coefficient (Wildman–Crippen LogP) is 3.41. The molecule has 0 aliphatic carbocycles. The molecule has 154 valence electrons. The molecule has 0 aromatic heterocycles. The van der Waals surface area contributed by atoms with Crippen molar-refractivity contribution in [2.45, 2.75) is 13.0 Å². The van der Waals surface area contributed by atoms with Gasteiger partial charge in [0.15, 0.2) is 11.5 Å². The smallest absolute Gasteiger partial charge is 0.255 e. The van der Waals surface area contributed by atoms with E-state index in [0.717, 1.165) is 38.4 Å². The number of carbonyl (C=O) groups is 1. The molecule has 0 unspecified atom stereocenters. The fourth-order valence-electron chi connectivity index (χ4n) is 3.22. The normalized spacial score (nSPS) is 15.4. The van der Waals surface area contributed by atoms with Crippen LogP contribution in [-0.4, -0.2) is 50.8 Å².